The van der Waals surface area contributed by atoms with Crippen LogP contribution in [0.1, 0.15) is 5.56 Å². The van der Waals surface area contributed by atoms with Crippen LogP contribution in [0, 0.1) is 6.92 Å². The van der Waals surface area contributed by atoms with Gasteiger partial charge in [-0.05, 0) is 36.8 Å². The highest BCUT2D eigenvalue weighted by Gasteiger charge is 2.02. The first-order valence-electron chi connectivity index (χ1n) is 6.01. The summed E-state index contributed by atoms with van der Waals surface area (Å²) in [5.74, 6) is 0.886. The first-order valence-corrected chi connectivity index (χ1v) is 6.01. The van der Waals surface area contributed by atoms with Crippen molar-refractivity contribution in [2.45, 2.75) is 6.92 Å². The van der Waals surface area contributed by atoms with Gasteiger partial charge in [0.2, 0.25) is 0 Å². The van der Waals surface area contributed by atoms with Gasteiger partial charge in [0.05, 0.1) is 5.52 Å². The van der Waals surface area contributed by atoms with Gasteiger partial charge >= 0.3 is 0 Å². The van der Waals surface area contributed by atoms with Crippen molar-refractivity contribution >= 4 is 34.8 Å². The van der Waals surface area contributed by atoms with E-state index in [0.29, 0.717) is 0 Å². The van der Waals surface area contributed by atoms with E-state index in [1.807, 2.05) is 48.5 Å². The van der Waals surface area contributed by atoms with Crippen LogP contribution in [-0.4, -0.2) is 4.98 Å². The van der Waals surface area contributed by atoms with Crippen LogP contribution in [0.3, 0.4) is 0 Å². The van der Waals surface area contributed by atoms with E-state index in [0.717, 1.165) is 17.0 Å². The Kier molecular flexibility index (Phi) is 4.03. The van der Waals surface area contributed by atoms with Gasteiger partial charge in [0, 0.05) is 11.1 Å². The molecule has 0 spiro atoms. The molecule has 0 radical (unpaired) electrons. The number of hydrogen-bond acceptors (Lipinski definition) is 2. The number of benzene rings is 2. The Balaban J connectivity index is 0.00000133. The summed E-state index contributed by atoms with van der Waals surface area (Å²) in [6.45, 7) is 2.11. The number of hydrogen-bond donors (Lipinski definition) is 1. The highest BCUT2D eigenvalue weighted by molar-refractivity contribution is 5.85. The Morgan fingerprint density at radius 2 is 1.58 bits per heavy atom. The molecule has 0 saturated heterocycles. The number of nitrogens with zero attached hydrogens (tertiary/aromatic N) is 1. The molecule has 1 aromatic heterocycles. The number of fused-ring (bicyclic) bond motifs is 1. The molecular weight excluding hydrogens is 256 g/mol. The zero-order valence-electron chi connectivity index (χ0n) is 10.6. The predicted octanol–water partition coefficient (Wildman–Crippen LogP) is 4.71. The Bertz CT molecular complexity index is 681. The second-order valence-electron chi connectivity index (χ2n) is 4.33. The minimum absolute atomic E-state index is 0. The molecule has 0 unspecified atom stereocenters. The lowest BCUT2D eigenvalue weighted by atomic mass is 10.1. The average Bonchev–Trinajstić information content (AvgIpc) is 2.40. The summed E-state index contributed by atoms with van der Waals surface area (Å²) in [6.07, 6.45) is 0. The van der Waals surface area contributed by atoms with Gasteiger partial charge in [-0.1, -0.05) is 36.4 Å². The summed E-state index contributed by atoms with van der Waals surface area (Å²) in [6, 6.07) is 20.4. The fourth-order valence-electron chi connectivity index (χ4n) is 2.08. The standard InChI is InChI=1S/C16H14N2.ClH/c1-12-11-16(17-13-7-3-2-4-8-13)18-15-10-6-5-9-14(12)15;/h2-11H,1H3,(H,17,18);1H. The molecule has 0 amide bonds. The Morgan fingerprint density at radius 3 is 2.37 bits per heavy atom. The van der Waals surface area contributed by atoms with Crippen molar-refractivity contribution < 1.29 is 0 Å². The summed E-state index contributed by atoms with van der Waals surface area (Å²) in [5, 5.41) is 4.53. The molecule has 3 heteroatoms. The number of rotatable bonds is 2. The van der Waals surface area contributed by atoms with Gasteiger partial charge in [-0.25, -0.2) is 4.98 Å². The third kappa shape index (κ3) is 2.85. The van der Waals surface area contributed by atoms with Crippen molar-refractivity contribution in [2.75, 3.05) is 5.32 Å². The molecule has 0 aliphatic rings. The van der Waals surface area contributed by atoms with Crippen molar-refractivity contribution in [2.24, 2.45) is 0 Å². The minimum Gasteiger partial charge on any atom is -0.340 e. The average molecular weight is 271 g/mol. The second kappa shape index (κ2) is 5.72. The van der Waals surface area contributed by atoms with Gasteiger partial charge in [0.15, 0.2) is 0 Å². The predicted molar refractivity (Wildman–Crippen MR) is 83.5 cm³/mol. The molecule has 96 valence electrons. The second-order valence-corrected chi connectivity index (χ2v) is 4.33. The molecule has 0 fully saturated rings. The van der Waals surface area contributed by atoms with Gasteiger partial charge in [-0.2, -0.15) is 0 Å². The van der Waals surface area contributed by atoms with E-state index in [1.54, 1.807) is 0 Å². The SMILES string of the molecule is Cc1cc(Nc2ccccc2)nc2ccccc12.Cl. The molecule has 2 nitrogen and oxygen atoms in total. The highest BCUT2D eigenvalue weighted by Crippen LogP contribution is 2.22. The number of aromatic nitrogens is 1. The number of aryl methyl sites for hydroxylation is 1. The zero-order chi connectivity index (χ0) is 12.4. The first-order chi connectivity index (χ1) is 8.83. The van der Waals surface area contributed by atoms with Crippen molar-refractivity contribution in [3.05, 3.63) is 66.2 Å². The van der Waals surface area contributed by atoms with Crippen molar-refractivity contribution in [1.29, 1.82) is 0 Å². The molecule has 2 aromatic carbocycles. The van der Waals surface area contributed by atoms with Crippen LogP contribution in [0.25, 0.3) is 10.9 Å². The molecule has 19 heavy (non-hydrogen) atoms. The molecule has 1 heterocycles. The maximum Gasteiger partial charge on any atom is 0.131 e. The van der Waals surface area contributed by atoms with Crippen LogP contribution in [0.2, 0.25) is 0 Å². The lowest BCUT2D eigenvalue weighted by molar-refractivity contribution is 1.34. The molecule has 3 aromatic rings. The monoisotopic (exact) mass is 270 g/mol. The molecular formula is C16H15ClN2. The first kappa shape index (κ1) is 13.4. The molecule has 0 saturated carbocycles. The largest absolute Gasteiger partial charge is 0.340 e. The zero-order valence-corrected chi connectivity index (χ0v) is 11.4. The molecule has 3 rings (SSSR count). The van der Waals surface area contributed by atoms with Crippen molar-refractivity contribution in [3.8, 4) is 0 Å². The van der Waals surface area contributed by atoms with Crippen LogP contribution in [0.15, 0.2) is 60.7 Å². The van der Waals surface area contributed by atoms with E-state index in [9.17, 15) is 0 Å². The van der Waals surface area contributed by atoms with E-state index < -0.39 is 0 Å². The van der Waals surface area contributed by atoms with Crippen molar-refractivity contribution in [3.63, 3.8) is 0 Å². The Labute approximate surface area is 118 Å². The quantitative estimate of drug-likeness (QED) is 0.729. The maximum atomic E-state index is 4.62. The van der Waals surface area contributed by atoms with Crippen LogP contribution in [-0.2, 0) is 0 Å². The molecule has 0 atom stereocenters. The minimum atomic E-state index is 0. The van der Waals surface area contributed by atoms with Gasteiger partial charge in [-0.15, -0.1) is 12.4 Å². The van der Waals surface area contributed by atoms with Crippen LogP contribution in [0.4, 0.5) is 11.5 Å². The fraction of sp³-hybridized carbons (Fsp3) is 0.0625. The third-order valence-corrected chi connectivity index (χ3v) is 2.97. The van der Waals surface area contributed by atoms with E-state index in [2.05, 4.69) is 29.4 Å². The Hall–Kier alpha value is -2.06. The van der Waals surface area contributed by atoms with Gasteiger partial charge in [0.25, 0.3) is 0 Å². The number of anilines is 2. The molecule has 0 bridgehead atoms. The van der Waals surface area contributed by atoms with E-state index >= 15 is 0 Å². The normalized spacial score (nSPS) is 9.95. The topological polar surface area (TPSA) is 24.9 Å². The molecule has 0 aliphatic carbocycles. The maximum absolute atomic E-state index is 4.62. The fourth-order valence-corrected chi connectivity index (χ4v) is 2.08. The van der Waals surface area contributed by atoms with Crippen LogP contribution in [0.5, 0.6) is 0 Å². The number of pyridine rings is 1. The van der Waals surface area contributed by atoms with Gasteiger partial charge < -0.3 is 5.32 Å². The number of nitrogens with one attached hydrogen (secondary N) is 1. The van der Waals surface area contributed by atoms with Gasteiger partial charge in [-0.3, -0.25) is 0 Å². The van der Waals surface area contributed by atoms with Crippen molar-refractivity contribution in [1.82, 2.24) is 4.98 Å². The summed E-state index contributed by atoms with van der Waals surface area (Å²) in [7, 11) is 0. The summed E-state index contributed by atoms with van der Waals surface area (Å²) in [5.41, 5.74) is 3.31. The molecule has 1 N–H and O–H groups in total. The third-order valence-electron chi connectivity index (χ3n) is 2.97. The van der Waals surface area contributed by atoms with E-state index in [4.69, 9.17) is 0 Å². The van der Waals surface area contributed by atoms with E-state index in [-0.39, 0.29) is 12.4 Å². The van der Waals surface area contributed by atoms with Crippen LogP contribution < -0.4 is 5.32 Å². The lowest BCUT2D eigenvalue weighted by Crippen LogP contribution is -1.94. The number of halogens is 1. The smallest absolute Gasteiger partial charge is 0.131 e. The van der Waals surface area contributed by atoms with E-state index in [1.165, 1.54) is 10.9 Å². The Morgan fingerprint density at radius 1 is 0.895 bits per heavy atom. The summed E-state index contributed by atoms with van der Waals surface area (Å²) in [4.78, 5) is 4.62. The number of para-hydroxylation sites is 2. The van der Waals surface area contributed by atoms with Gasteiger partial charge in [0.1, 0.15) is 5.82 Å². The van der Waals surface area contributed by atoms with Crippen LogP contribution >= 0.6 is 12.4 Å². The lowest BCUT2D eigenvalue weighted by Gasteiger charge is -2.08. The summed E-state index contributed by atoms with van der Waals surface area (Å²) < 4.78 is 0. The summed E-state index contributed by atoms with van der Waals surface area (Å²) >= 11 is 0. The molecule has 0 aliphatic heterocycles. The highest BCUT2D eigenvalue weighted by atomic mass is 35.5.